The van der Waals surface area contributed by atoms with Crippen LogP contribution in [-0.2, 0) is 19.1 Å². The quantitative estimate of drug-likeness (QED) is 0.301. The van der Waals surface area contributed by atoms with Crippen molar-refractivity contribution in [2.45, 2.75) is 24.7 Å². The zero-order chi connectivity index (χ0) is 19.5. The highest BCUT2D eigenvalue weighted by atomic mass is 16.6. The van der Waals surface area contributed by atoms with Crippen molar-refractivity contribution in [1.29, 1.82) is 0 Å². The van der Waals surface area contributed by atoms with Gasteiger partial charge in [0, 0.05) is 43.9 Å². The van der Waals surface area contributed by atoms with Gasteiger partial charge in [0.15, 0.2) is 5.72 Å². The molecular weight excluding hydrogens is 354 g/mol. The Balaban J connectivity index is 1.79. The monoisotopic (exact) mass is 377 g/mol. The van der Waals surface area contributed by atoms with Gasteiger partial charge in [0.25, 0.3) is 0 Å². The zero-order valence-electron chi connectivity index (χ0n) is 15.2. The zero-order valence-corrected chi connectivity index (χ0v) is 15.2. The Hall–Kier alpha value is -2.43. The van der Waals surface area contributed by atoms with E-state index in [2.05, 4.69) is 10.6 Å². The number of nitrogens with one attached hydrogen (secondary N) is 2. The standard InChI is InChI=1S/C17H23N5O5/c1-7-11(20-4-3-18)14(24)10-8(6-27-16(19)25)17(26-2)15-9(21-15)5-22(17)12(10)13(7)23/h8-9,15,20-21H,3-6,18H2,1-2H3,(H2,19,25). The van der Waals surface area contributed by atoms with Crippen molar-refractivity contribution in [2.75, 3.05) is 33.4 Å². The van der Waals surface area contributed by atoms with Crippen LogP contribution in [0.2, 0.25) is 0 Å². The fraction of sp³-hybridized carbons (Fsp3) is 0.588. The van der Waals surface area contributed by atoms with E-state index in [9.17, 15) is 14.4 Å². The highest BCUT2D eigenvalue weighted by Gasteiger charge is 2.72. The highest BCUT2D eigenvalue weighted by molar-refractivity contribution is 6.25. The predicted molar refractivity (Wildman–Crippen MR) is 93.0 cm³/mol. The Morgan fingerprint density at radius 1 is 1.41 bits per heavy atom. The normalized spacial score (nSPS) is 33.9. The maximum Gasteiger partial charge on any atom is 0.404 e. The Bertz CT molecular complexity index is 806. The van der Waals surface area contributed by atoms with E-state index in [0.717, 1.165) is 0 Å². The molecule has 1 aliphatic carbocycles. The number of hydrogen-bond acceptors (Lipinski definition) is 9. The summed E-state index contributed by atoms with van der Waals surface area (Å²) in [6, 6.07) is 0.106. The van der Waals surface area contributed by atoms with E-state index in [1.54, 1.807) is 6.92 Å². The van der Waals surface area contributed by atoms with Gasteiger partial charge in [-0.25, -0.2) is 4.79 Å². The fourth-order valence-electron chi connectivity index (χ4n) is 4.70. The molecule has 3 aliphatic heterocycles. The lowest BCUT2D eigenvalue weighted by Crippen LogP contribution is -2.55. The molecule has 0 spiro atoms. The Morgan fingerprint density at radius 2 is 2.15 bits per heavy atom. The Morgan fingerprint density at radius 3 is 2.78 bits per heavy atom. The van der Waals surface area contributed by atoms with Gasteiger partial charge in [-0.3, -0.25) is 9.59 Å². The van der Waals surface area contributed by atoms with Gasteiger partial charge in [-0.1, -0.05) is 0 Å². The van der Waals surface area contributed by atoms with E-state index >= 15 is 0 Å². The van der Waals surface area contributed by atoms with E-state index < -0.39 is 17.7 Å². The first-order valence-electron chi connectivity index (χ1n) is 8.87. The first-order chi connectivity index (χ1) is 12.9. The van der Waals surface area contributed by atoms with Gasteiger partial charge in [-0.2, -0.15) is 0 Å². The number of ketones is 2. The molecule has 4 aliphatic rings. The number of piperazine rings is 1. The lowest BCUT2D eigenvalue weighted by atomic mass is 9.82. The number of carbonyl (C=O) groups is 3. The number of nitrogens with zero attached hydrogens (tertiary/aromatic N) is 1. The van der Waals surface area contributed by atoms with E-state index in [1.807, 2.05) is 4.90 Å². The molecule has 10 heteroatoms. The molecule has 4 atom stereocenters. The van der Waals surface area contributed by atoms with Crippen molar-refractivity contribution in [3.63, 3.8) is 0 Å². The molecule has 0 aromatic carbocycles. The Labute approximate surface area is 155 Å². The Kier molecular flexibility index (Phi) is 4.02. The number of fused-ring (bicyclic) bond motifs is 4. The average molecular weight is 377 g/mol. The summed E-state index contributed by atoms with van der Waals surface area (Å²) >= 11 is 0. The number of rotatable bonds is 6. The number of nitrogens with two attached hydrogens (primary N) is 2. The van der Waals surface area contributed by atoms with Gasteiger partial charge in [0.1, 0.15) is 6.61 Å². The van der Waals surface area contributed by atoms with Crippen LogP contribution in [0.25, 0.3) is 0 Å². The van der Waals surface area contributed by atoms with Crippen LogP contribution in [0, 0.1) is 5.92 Å². The second-order valence-electron chi connectivity index (χ2n) is 7.14. The van der Waals surface area contributed by atoms with E-state index in [-0.39, 0.29) is 36.0 Å². The molecule has 0 saturated carbocycles. The van der Waals surface area contributed by atoms with Crippen LogP contribution in [0.1, 0.15) is 6.92 Å². The number of methoxy groups -OCH3 is 1. The van der Waals surface area contributed by atoms with Crippen LogP contribution in [0.3, 0.4) is 0 Å². The molecule has 0 radical (unpaired) electrons. The number of carbonyl (C=O) groups excluding carboxylic acids is 3. The van der Waals surface area contributed by atoms with Crippen LogP contribution >= 0.6 is 0 Å². The molecule has 0 bridgehead atoms. The third kappa shape index (κ3) is 2.27. The smallest absolute Gasteiger partial charge is 0.404 e. The van der Waals surface area contributed by atoms with Crippen LogP contribution in [-0.4, -0.2) is 73.7 Å². The number of Topliss-reactive ketones (excluding diaryl/α,β-unsaturated/α-hetero) is 2. The van der Waals surface area contributed by atoms with Gasteiger partial charge < -0.3 is 36.5 Å². The summed E-state index contributed by atoms with van der Waals surface area (Å²) in [5, 5.41) is 6.27. The van der Waals surface area contributed by atoms with Crippen molar-refractivity contribution in [3.05, 3.63) is 22.5 Å². The number of amides is 1. The van der Waals surface area contributed by atoms with Crippen molar-refractivity contribution >= 4 is 17.7 Å². The number of ether oxygens (including phenoxy) is 2. The van der Waals surface area contributed by atoms with Crippen molar-refractivity contribution in [3.8, 4) is 0 Å². The number of primary amides is 1. The molecule has 10 nitrogen and oxygen atoms in total. The lowest BCUT2D eigenvalue weighted by Gasteiger charge is -2.39. The lowest BCUT2D eigenvalue weighted by molar-refractivity contribution is -0.137. The van der Waals surface area contributed by atoms with E-state index in [1.165, 1.54) is 7.11 Å². The first kappa shape index (κ1) is 18.0. The van der Waals surface area contributed by atoms with E-state index in [4.69, 9.17) is 20.9 Å². The maximum absolute atomic E-state index is 13.3. The molecule has 0 aromatic rings. The SMILES string of the molecule is COC12C(COC(N)=O)C3=C(C(=O)C(C)=C(NCCN)C3=O)N1CC1NC12. The van der Waals surface area contributed by atoms with Crippen molar-refractivity contribution in [1.82, 2.24) is 15.5 Å². The van der Waals surface area contributed by atoms with Gasteiger partial charge in [-0.05, 0) is 6.92 Å². The van der Waals surface area contributed by atoms with Crippen LogP contribution in [0.4, 0.5) is 4.79 Å². The van der Waals surface area contributed by atoms with Gasteiger partial charge in [-0.15, -0.1) is 0 Å². The summed E-state index contributed by atoms with van der Waals surface area (Å²) in [4.78, 5) is 39.5. The highest BCUT2D eigenvalue weighted by Crippen LogP contribution is 2.55. The van der Waals surface area contributed by atoms with Crippen molar-refractivity contribution in [2.24, 2.45) is 17.4 Å². The molecule has 1 amide bonds. The summed E-state index contributed by atoms with van der Waals surface area (Å²) in [6.07, 6.45) is -0.942. The van der Waals surface area contributed by atoms with Crippen LogP contribution in [0.5, 0.6) is 0 Å². The second kappa shape index (κ2) is 6.04. The minimum absolute atomic E-state index is 0.0593. The molecule has 4 rings (SSSR count). The molecule has 146 valence electrons. The first-order valence-corrected chi connectivity index (χ1v) is 8.87. The maximum atomic E-state index is 13.3. The third-order valence-corrected chi connectivity index (χ3v) is 5.87. The fourth-order valence-corrected chi connectivity index (χ4v) is 4.70. The van der Waals surface area contributed by atoms with Gasteiger partial charge >= 0.3 is 6.09 Å². The minimum Gasteiger partial charge on any atom is -0.449 e. The minimum atomic E-state index is -0.959. The van der Waals surface area contributed by atoms with Crippen LogP contribution in [0.15, 0.2) is 22.5 Å². The molecule has 2 saturated heterocycles. The second-order valence-corrected chi connectivity index (χ2v) is 7.14. The van der Waals surface area contributed by atoms with Crippen LogP contribution < -0.4 is 22.1 Å². The summed E-state index contributed by atoms with van der Waals surface area (Å²) in [7, 11) is 1.54. The molecule has 0 aromatic heterocycles. The molecule has 27 heavy (non-hydrogen) atoms. The van der Waals surface area contributed by atoms with Crippen molar-refractivity contribution < 1.29 is 23.9 Å². The predicted octanol–water partition coefficient (Wildman–Crippen LogP) is -2.06. The van der Waals surface area contributed by atoms with Gasteiger partial charge in [0.2, 0.25) is 11.6 Å². The average Bonchev–Trinajstić information content (AvgIpc) is 3.24. The molecule has 3 heterocycles. The topological polar surface area (TPSA) is 159 Å². The van der Waals surface area contributed by atoms with E-state index in [0.29, 0.717) is 36.5 Å². The number of allylic oxidation sites excluding steroid dienone is 2. The summed E-state index contributed by atoms with van der Waals surface area (Å²) < 4.78 is 10.9. The van der Waals surface area contributed by atoms with Gasteiger partial charge in [0.05, 0.1) is 23.4 Å². The summed E-state index contributed by atoms with van der Waals surface area (Å²) in [5.41, 5.74) is 10.9. The largest absolute Gasteiger partial charge is 0.449 e. The molecule has 2 fully saturated rings. The molecule has 6 N–H and O–H groups in total. The summed E-state index contributed by atoms with van der Waals surface area (Å²) in [6.45, 7) is 2.70. The molecule has 4 unspecified atom stereocenters. The third-order valence-electron chi connectivity index (χ3n) is 5.87. The number of hydrogen-bond donors (Lipinski definition) is 4. The summed E-state index contributed by atoms with van der Waals surface area (Å²) in [5.74, 6) is -1.15. The molecular formula is C17H23N5O5.